The van der Waals surface area contributed by atoms with Crippen molar-refractivity contribution in [2.45, 2.75) is 6.92 Å². The third kappa shape index (κ3) is 2.73. The lowest BCUT2D eigenvalue weighted by Crippen LogP contribution is -2.25. The lowest BCUT2D eigenvalue weighted by molar-refractivity contribution is -0.115. The van der Waals surface area contributed by atoms with Crippen molar-refractivity contribution in [3.05, 3.63) is 75.9 Å². The van der Waals surface area contributed by atoms with Crippen LogP contribution in [-0.2, 0) is 4.79 Å². The van der Waals surface area contributed by atoms with E-state index in [-0.39, 0.29) is 5.91 Å². The van der Waals surface area contributed by atoms with Gasteiger partial charge in [-0.05, 0) is 30.2 Å². The summed E-state index contributed by atoms with van der Waals surface area (Å²) in [6.07, 6.45) is 1.70. The van der Waals surface area contributed by atoms with Crippen LogP contribution in [-0.4, -0.2) is 11.7 Å². The number of aryl methyl sites for hydroxylation is 1. The van der Waals surface area contributed by atoms with Crippen molar-refractivity contribution in [2.24, 2.45) is 4.99 Å². The number of hydrogen-bond donors (Lipinski definition) is 1. The average molecular weight is 297 g/mol. The zero-order valence-corrected chi connectivity index (χ0v) is 12.2. The second-order valence-corrected chi connectivity index (χ2v) is 5.19. The Kier molecular flexibility index (Phi) is 3.59. The number of benzene rings is 2. The Labute approximate surface area is 128 Å². The van der Waals surface area contributed by atoms with Gasteiger partial charge < -0.3 is 5.32 Å². The Hall–Kier alpha value is -2.39. The van der Waals surface area contributed by atoms with Crippen molar-refractivity contribution >= 4 is 29.4 Å². The van der Waals surface area contributed by atoms with E-state index in [1.54, 1.807) is 12.1 Å². The molecule has 104 valence electrons. The summed E-state index contributed by atoms with van der Waals surface area (Å²) in [4.78, 5) is 16.4. The van der Waals surface area contributed by atoms with E-state index in [1.807, 2.05) is 49.4 Å². The first-order valence-electron chi connectivity index (χ1n) is 6.57. The number of carbonyl (C=O) groups excluding carboxylic acids is 1. The van der Waals surface area contributed by atoms with Gasteiger partial charge in [-0.15, -0.1) is 0 Å². The van der Waals surface area contributed by atoms with Gasteiger partial charge in [0.1, 0.15) is 11.5 Å². The van der Waals surface area contributed by atoms with Gasteiger partial charge in [-0.25, -0.2) is 4.99 Å². The quantitative estimate of drug-likeness (QED) is 0.846. The number of nitrogens with one attached hydrogen (secondary N) is 1. The van der Waals surface area contributed by atoms with Gasteiger partial charge in [-0.3, -0.25) is 4.79 Å². The van der Waals surface area contributed by atoms with Crippen LogP contribution >= 0.6 is 11.6 Å². The van der Waals surface area contributed by atoms with E-state index in [1.165, 1.54) is 0 Å². The van der Waals surface area contributed by atoms with Crippen molar-refractivity contribution in [3.8, 4) is 0 Å². The molecule has 0 radical (unpaired) electrons. The van der Waals surface area contributed by atoms with Crippen LogP contribution in [0.3, 0.4) is 0 Å². The summed E-state index contributed by atoms with van der Waals surface area (Å²) >= 11 is 6.10. The number of halogens is 1. The molecule has 21 heavy (non-hydrogen) atoms. The highest BCUT2D eigenvalue weighted by atomic mass is 35.5. The van der Waals surface area contributed by atoms with Crippen LogP contribution < -0.4 is 5.32 Å². The van der Waals surface area contributed by atoms with Gasteiger partial charge in [0.15, 0.2) is 0 Å². The fourth-order valence-corrected chi connectivity index (χ4v) is 2.36. The Bertz CT molecular complexity index is 778. The first-order chi connectivity index (χ1) is 10.1. The molecule has 2 aromatic carbocycles. The Morgan fingerprint density at radius 2 is 1.81 bits per heavy atom. The molecule has 0 bridgehead atoms. The van der Waals surface area contributed by atoms with E-state index in [0.717, 1.165) is 16.7 Å². The largest absolute Gasteiger partial charge is 0.305 e. The van der Waals surface area contributed by atoms with Gasteiger partial charge in [0.05, 0.1) is 0 Å². The van der Waals surface area contributed by atoms with Crippen molar-refractivity contribution in [3.63, 3.8) is 0 Å². The van der Waals surface area contributed by atoms with Crippen LogP contribution in [0.4, 0.5) is 0 Å². The van der Waals surface area contributed by atoms with Crippen LogP contribution in [0, 0.1) is 6.92 Å². The Balaban J connectivity index is 2.00. The van der Waals surface area contributed by atoms with Gasteiger partial charge in [-0.1, -0.05) is 54.1 Å². The standard InChI is InChI=1S/C17H13ClN2O/c1-11-6-2-4-8-13(11)16-19-15(17(21)20-16)10-12-7-3-5-9-14(12)18/h2-10H,1H3,(H,19,20,21). The molecule has 3 rings (SSSR count). The summed E-state index contributed by atoms with van der Waals surface area (Å²) in [5.74, 6) is 0.365. The number of carbonyl (C=O) groups is 1. The molecule has 4 heteroatoms. The maximum absolute atomic E-state index is 12.0. The summed E-state index contributed by atoms with van der Waals surface area (Å²) < 4.78 is 0. The smallest absolute Gasteiger partial charge is 0.275 e. The van der Waals surface area contributed by atoms with Crippen molar-refractivity contribution in [1.29, 1.82) is 0 Å². The molecule has 1 aliphatic heterocycles. The lowest BCUT2D eigenvalue weighted by atomic mass is 10.1. The van der Waals surface area contributed by atoms with E-state index in [2.05, 4.69) is 10.3 Å². The van der Waals surface area contributed by atoms with Gasteiger partial charge in [0.2, 0.25) is 0 Å². The number of aliphatic imine (C=N–C) groups is 1. The topological polar surface area (TPSA) is 41.5 Å². The lowest BCUT2D eigenvalue weighted by Gasteiger charge is -2.03. The molecular weight excluding hydrogens is 284 g/mol. The van der Waals surface area contributed by atoms with Gasteiger partial charge >= 0.3 is 0 Å². The molecule has 0 aromatic heterocycles. The van der Waals surface area contributed by atoms with Crippen LogP contribution in [0.5, 0.6) is 0 Å². The van der Waals surface area contributed by atoms with Crippen LogP contribution in [0.2, 0.25) is 5.02 Å². The van der Waals surface area contributed by atoms with E-state index < -0.39 is 0 Å². The SMILES string of the molecule is Cc1ccccc1C1=NC(=Cc2ccccc2Cl)C(=O)N1. The molecule has 1 aliphatic rings. The summed E-state index contributed by atoms with van der Waals surface area (Å²) in [5.41, 5.74) is 3.13. The maximum atomic E-state index is 12.0. The molecule has 0 saturated carbocycles. The summed E-state index contributed by atoms with van der Waals surface area (Å²) in [6, 6.07) is 15.2. The van der Waals surface area contributed by atoms with Crippen molar-refractivity contribution < 1.29 is 4.79 Å². The van der Waals surface area contributed by atoms with Crippen molar-refractivity contribution in [1.82, 2.24) is 5.32 Å². The number of hydrogen-bond acceptors (Lipinski definition) is 2. The number of nitrogens with zero attached hydrogens (tertiary/aromatic N) is 1. The monoisotopic (exact) mass is 296 g/mol. The molecule has 0 unspecified atom stereocenters. The number of rotatable bonds is 2. The Morgan fingerprint density at radius 1 is 1.10 bits per heavy atom. The third-order valence-corrected chi connectivity index (χ3v) is 3.64. The highest BCUT2D eigenvalue weighted by molar-refractivity contribution is 6.32. The summed E-state index contributed by atoms with van der Waals surface area (Å²) in [5, 5.41) is 3.40. The molecule has 0 spiro atoms. The molecule has 0 saturated heterocycles. The van der Waals surface area contributed by atoms with E-state index in [9.17, 15) is 4.79 Å². The van der Waals surface area contributed by atoms with Crippen LogP contribution in [0.15, 0.2) is 59.2 Å². The fourth-order valence-electron chi connectivity index (χ4n) is 2.17. The molecule has 1 heterocycles. The predicted octanol–water partition coefficient (Wildman–Crippen LogP) is 3.57. The fraction of sp³-hybridized carbons (Fsp3) is 0.0588. The maximum Gasteiger partial charge on any atom is 0.275 e. The number of amidine groups is 1. The van der Waals surface area contributed by atoms with Crippen LogP contribution in [0.25, 0.3) is 6.08 Å². The minimum absolute atomic E-state index is 0.215. The second-order valence-electron chi connectivity index (χ2n) is 4.78. The average Bonchev–Trinajstić information content (AvgIpc) is 2.83. The third-order valence-electron chi connectivity index (χ3n) is 3.29. The highest BCUT2D eigenvalue weighted by Crippen LogP contribution is 2.21. The molecule has 1 amide bonds. The molecule has 3 nitrogen and oxygen atoms in total. The minimum Gasteiger partial charge on any atom is -0.305 e. The van der Waals surface area contributed by atoms with E-state index >= 15 is 0 Å². The summed E-state index contributed by atoms with van der Waals surface area (Å²) in [7, 11) is 0. The molecule has 0 aliphatic carbocycles. The second kappa shape index (κ2) is 5.54. The summed E-state index contributed by atoms with van der Waals surface area (Å²) in [6.45, 7) is 1.99. The normalized spacial score (nSPS) is 16.0. The number of amides is 1. The van der Waals surface area contributed by atoms with Crippen molar-refractivity contribution in [2.75, 3.05) is 0 Å². The molecule has 2 aromatic rings. The van der Waals surface area contributed by atoms with Gasteiger partial charge in [-0.2, -0.15) is 0 Å². The highest BCUT2D eigenvalue weighted by Gasteiger charge is 2.22. The van der Waals surface area contributed by atoms with Crippen LogP contribution in [0.1, 0.15) is 16.7 Å². The molecule has 1 N–H and O–H groups in total. The zero-order valence-electron chi connectivity index (χ0n) is 11.4. The predicted molar refractivity (Wildman–Crippen MR) is 85.3 cm³/mol. The first-order valence-corrected chi connectivity index (χ1v) is 6.95. The van der Waals surface area contributed by atoms with Gasteiger partial charge in [0, 0.05) is 10.6 Å². The minimum atomic E-state index is -0.215. The molecule has 0 atom stereocenters. The molecule has 0 fully saturated rings. The van der Waals surface area contributed by atoms with Gasteiger partial charge in [0.25, 0.3) is 5.91 Å². The first kappa shape index (κ1) is 13.6. The van der Waals surface area contributed by atoms with E-state index in [0.29, 0.717) is 16.6 Å². The zero-order chi connectivity index (χ0) is 14.8. The van der Waals surface area contributed by atoms with E-state index in [4.69, 9.17) is 11.6 Å². The molecular formula is C17H13ClN2O. The Morgan fingerprint density at radius 3 is 2.57 bits per heavy atom.